The lowest BCUT2D eigenvalue weighted by Gasteiger charge is -2.27. The Morgan fingerprint density at radius 2 is 1.91 bits per heavy atom. The first-order valence-corrected chi connectivity index (χ1v) is 10.8. The zero-order chi connectivity index (χ0) is 16.6. The zero-order valence-electron chi connectivity index (χ0n) is 14.2. The summed E-state index contributed by atoms with van der Waals surface area (Å²) in [6.07, 6.45) is 2.10. The van der Waals surface area contributed by atoms with E-state index < -0.39 is 9.84 Å². The Balaban J connectivity index is 2.37. The maximum atomic E-state index is 11.4. The first kappa shape index (κ1) is 19.6. The lowest BCUT2D eigenvalue weighted by molar-refractivity contribution is 0.299. The highest BCUT2D eigenvalue weighted by atomic mass is 32.2. The molecule has 1 aliphatic rings. The summed E-state index contributed by atoms with van der Waals surface area (Å²) in [4.78, 5) is 6.80. The second-order valence-corrected chi connectivity index (χ2v) is 9.90. The highest BCUT2D eigenvalue weighted by Gasteiger charge is 2.21. The fourth-order valence-electron chi connectivity index (χ4n) is 1.98. The first-order valence-electron chi connectivity index (χ1n) is 7.78. The Kier molecular flexibility index (Phi) is 7.99. The average molecular weight is 351 g/mol. The zero-order valence-corrected chi connectivity index (χ0v) is 15.8. The predicted octanol–water partition coefficient (Wildman–Crippen LogP) is 0.414. The molecule has 0 aromatic rings. The lowest BCUT2D eigenvalue weighted by atomic mass is 10.2. The molecule has 8 heteroatoms. The third kappa shape index (κ3) is 7.69. The van der Waals surface area contributed by atoms with Crippen molar-refractivity contribution in [3.05, 3.63) is 0 Å². The molecule has 6 nitrogen and oxygen atoms in total. The van der Waals surface area contributed by atoms with Gasteiger partial charge in [0.25, 0.3) is 0 Å². The molecular formula is C14H30N4O2S2. The maximum Gasteiger partial charge on any atom is 0.191 e. The standard InChI is InChI=1S/C14H30N4O2S2/c1-5-15-13(17-12-14(2,3)21-4)16-6-7-18-8-10-22(19,20)11-9-18/h5-12H2,1-4H3,(H2,15,16,17). The summed E-state index contributed by atoms with van der Waals surface area (Å²) < 4.78 is 22.9. The van der Waals surface area contributed by atoms with E-state index >= 15 is 0 Å². The molecule has 0 amide bonds. The Bertz CT molecular complexity index is 449. The third-order valence-electron chi connectivity index (χ3n) is 3.67. The Morgan fingerprint density at radius 3 is 2.45 bits per heavy atom. The summed E-state index contributed by atoms with van der Waals surface area (Å²) in [5.74, 6) is 1.39. The van der Waals surface area contributed by atoms with Crippen LogP contribution in [0.2, 0.25) is 0 Å². The number of thioether (sulfide) groups is 1. The summed E-state index contributed by atoms with van der Waals surface area (Å²) in [6, 6.07) is 0. The molecule has 0 spiro atoms. The number of guanidine groups is 1. The molecule has 0 bridgehead atoms. The molecule has 1 fully saturated rings. The molecule has 1 aliphatic heterocycles. The van der Waals surface area contributed by atoms with Crippen LogP contribution in [0.5, 0.6) is 0 Å². The second-order valence-electron chi connectivity index (χ2n) is 6.08. The van der Waals surface area contributed by atoms with Crippen LogP contribution in [-0.4, -0.2) is 81.1 Å². The molecule has 0 aliphatic carbocycles. The number of sulfone groups is 1. The molecule has 0 radical (unpaired) electrons. The fourth-order valence-corrected chi connectivity index (χ4v) is 3.45. The van der Waals surface area contributed by atoms with E-state index in [1.165, 1.54) is 0 Å². The van der Waals surface area contributed by atoms with Crippen LogP contribution >= 0.6 is 11.8 Å². The monoisotopic (exact) mass is 350 g/mol. The Morgan fingerprint density at radius 1 is 1.27 bits per heavy atom. The van der Waals surface area contributed by atoms with Crippen LogP contribution in [-0.2, 0) is 9.84 Å². The molecule has 0 unspecified atom stereocenters. The maximum absolute atomic E-state index is 11.4. The molecule has 0 atom stereocenters. The summed E-state index contributed by atoms with van der Waals surface area (Å²) >= 11 is 1.81. The fraction of sp³-hybridized carbons (Fsp3) is 0.929. The van der Waals surface area contributed by atoms with Gasteiger partial charge >= 0.3 is 0 Å². The van der Waals surface area contributed by atoms with Gasteiger partial charge < -0.3 is 10.6 Å². The van der Waals surface area contributed by atoms with Crippen molar-refractivity contribution in [2.45, 2.75) is 25.5 Å². The van der Waals surface area contributed by atoms with E-state index in [0.29, 0.717) is 13.1 Å². The summed E-state index contributed by atoms with van der Waals surface area (Å²) in [5, 5.41) is 6.57. The smallest absolute Gasteiger partial charge is 0.191 e. The number of hydrogen-bond donors (Lipinski definition) is 2. The van der Waals surface area contributed by atoms with Crippen LogP contribution in [0.1, 0.15) is 20.8 Å². The molecule has 0 aromatic carbocycles. The van der Waals surface area contributed by atoms with Gasteiger partial charge in [-0.15, -0.1) is 0 Å². The van der Waals surface area contributed by atoms with Gasteiger partial charge in [-0.25, -0.2) is 8.42 Å². The lowest BCUT2D eigenvalue weighted by Crippen LogP contribution is -2.46. The highest BCUT2D eigenvalue weighted by molar-refractivity contribution is 7.99. The van der Waals surface area contributed by atoms with Crippen LogP contribution in [0.3, 0.4) is 0 Å². The highest BCUT2D eigenvalue weighted by Crippen LogP contribution is 2.20. The van der Waals surface area contributed by atoms with Gasteiger partial charge in [0, 0.05) is 37.5 Å². The van der Waals surface area contributed by atoms with Gasteiger partial charge in [-0.2, -0.15) is 11.8 Å². The second kappa shape index (κ2) is 8.98. The van der Waals surface area contributed by atoms with Gasteiger partial charge in [-0.3, -0.25) is 9.89 Å². The van der Waals surface area contributed by atoms with Crippen molar-refractivity contribution in [2.75, 3.05) is 57.0 Å². The van der Waals surface area contributed by atoms with Crippen molar-refractivity contribution in [1.29, 1.82) is 0 Å². The number of aliphatic imine (C=N–C) groups is 1. The van der Waals surface area contributed by atoms with E-state index in [0.717, 1.165) is 32.1 Å². The van der Waals surface area contributed by atoms with Crippen LogP contribution in [0.25, 0.3) is 0 Å². The molecule has 0 saturated carbocycles. The van der Waals surface area contributed by atoms with Crippen LogP contribution in [0, 0.1) is 0 Å². The van der Waals surface area contributed by atoms with Crippen LogP contribution in [0.4, 0.5) is 0 Å². The molecule has 130 valence electrons. The van der Waals surface area contributed by atoms with Crippen molar-refractivity contribution in [3.63, 3.8) is 0 Å². The molecule has 1 heterocycles. The largest absolute Gasteiger partial charge is 0.357 e. The van der Waals surface area contributed by atoms with E-state index in [-0.39, 0.29) is 16.3 Å². The van der Waals surface area contributed by atoms with Crippen LogP contribution < -0.4 is 10.6 Å². The minimum atomic E-state index is -2.79. The van der Waals surface area contributed by atoms with Gasteiger partial charge in [0.05, 0.1) is 18.1 Å². The van der Waals surface area contributed by atoms with Crippen molar-refractivity contribution >= 4 is 27.6 Å². The predicted molar refractivity (Wildman–Crippen MR) is 96.7 cm³/mol. The number of rotatable bonds is 7. The van der Waals surface area contributed by atoms with Crippen molar-refractivity contribution < 1.29 is 8.42 Å². The molecule has 2 N–H and O–H groups in total. The normalized spacial score (nSPS) is 19.9. The first-order chi connectivity index (χ1) is 10.3. The number of nitrogens with zero attached hydrogens (tertiary/aromatic N) is 2. The minimum absolute atomic E-state index is 0.129. The molecule has 1 rings (SSSR count). The van der Waals surface area contributed by atoms with E-state index in [9.17, 15) is 8.42 Å². The quantitative estimate of drug-likeness (QED) is 0.512. The SMILES string of the molecule is CCNC(=NCC(C)(C)SC)NCCN1CCS(=O)(=O)CC1. The van der Waals surface area contributed by atoms with Gasteiger partial charge in [0.1, 0.15) is 0 Å². The number of hydrogen-bond acceptors (Lipinski definition) is 5. The summed E-state index contributed by atoms with van der Waals surface area (Å²) in [7, 11) is -2.79. The van der Waals surface area contributed by atoms with Crippen molar-refractivity contribution in [3.8, 4) is 0 Å². The van der Waals surface area contributed by atoms with Gasteiger partial charge in [0.2, 0.25) is 0 Å². The topological polar surface area (TPSA) is 73.8 Å². The van der Waals surface area contributed by atoms with Gasteiger partial charge in [0.15, 0.2) is 15.8 Å². The van der Waals surface area contributed by atoms with E-state index in [4.69, 9.17) is 0 Å². The summed E-state index contributed by atoms with van der Waals surface area (Å²) in [6.45, 7) is 10.9. The van der Waals surface area contributed by atoms with Gasteiger partial charge in [-0.1, -0.05) is 0 Å². The van der Waals surface area contributed by atoms with Gasteiger partial charge in [-0.05, 0) is 27.0 Å². The Hall–Kier alpha value is -0.470. The summed E-state index contributed by atoms with van der Waals surface area (Å²) in [5.41, 5.74) is 0. The minimum Gasteiger partial charge on any atom is -0.357 e. The average Bonchev–Trinajstić information content (AvgIpc) is 2.46. The van der Waals surface area contributed by atoms with Crippen molar-refractivity contribution in [2.24, 2.45) is 4.99 Å². The van der Waals surface area contributed by atoms with E-state index in [1.54, 1.807) is 11.8 Å². The van der Waals surface area contributed by atoms with Crippen LogP contribution in [0.15, 0.2) is 4.99 Å². The van der Waals surface area contributed by atoms with Crippen molar-refractivity contribution in [1.82, 2.24) is 15.5 Å². The molecule has 22 heavy (non-hydrogen) atoms. The molecule has 1 saturated heterocycles. The molecule has 0 aromatic heterocycles. The van der Waals surface area contributed by atoms with E-state index in [1.807, 2.05) is 6.92 Å². The third-order valence-corrected chi connectivity index (χ3v) is 6.52. The molecular weight excluding hydrogens is 320 g/mol. The number of nitrogens with one attached hydrogen (secondary N) is 2. The van der Waals surface area contributed by atoms with E-state index in [2.05, 4.69) is 40.6 Å². The Labute approximate surface area is 139 Å².